The third-order valence-electron chi connectivity index (χ3n) is 2.64. The van der Waals surface area contributed by atoms with Gasteiger partial charge in [0, 0.05) is 24.1 Å². The lowest BCUT2D eigenvalue weighted by Gasteiger charge is -2.21. The SMILES string of the molecule is CC(C)(C)NCc1ccccc1OCCCC(F)(F)F. The Kier molecular flexibility index (Phi) is 5.87. The number of hydrogen-bond donors (Lipinski definition) is 1. The van der Waals surface area contributed by atoms with Crippen LogP contribution in [0.25, 0.3) is 0 Å². The summed E-state index contributed by atoms with van der Waals surface area (Å²) >= 11 is 0. The fourth-order valence-electron chi connectivity index (χ4n) is 1.61. The Bertz CT molecular complexity index is 410. The maximum atomic E-state index is 12.0. The largest absolute Gasteiger partial charge is 0.493 e. The molecule has 0 fully saturated rings. The molecule has 0 aromatic heterocycles. The normalized spacial score (nSPS) is 12.5. The molecule has 0 atom stereocenters. The van der Waals surface area contributed by atoms with Gasteiger partial charge in [-0.15, -0.1) is 0 Å². The van der Waals surface area contributed by atoms with Gasteiger partial charge < -0.3 is 10.1 Å². The molecule has 1 aromatic rings. The first-order valence-electron chi connectivity index (χ1n) is 6.70. The molecule has 114 valence electrons. The molecular formula is C15H22F3NO. The van der Waals surface area contributed by atoms with Crippen molar-refractivity contribution in [2.75, 3.05) is 6.61 Å². The molecule has 0 radical (unpaired) electrons. The van der Waals surface area contributed by atoms with Gasteiger partial charge in [0.25, 0.3) is 0 Å². The van der Waals surface area contributed by atoms with Crippen LogP contribution in [0.5, 0.6) is 5.75 Å². The van der Waals surface area contributed by atoms with Crippen LogP contribution in [0, 0.1) is 0 Å². The van der Waals surface area contributed by atoms with Gasteiger partial charge in [-0.2, -0.15) is 13.2 Å². The van der Waals surface area contributed by atoms with Gasteiger partial charge in [-0.25, -0.2) is 0 Å². The fraction of sp³-hybridized carbons (Fsp3) is 0.600. The minimum Gasteiger partial charge on any atom is -0.493 e. The summed E-state index contributed by atoms with van der Waals surface area (Å²) in [5.74, 6) is 0.645. The van der Waals surface area contributed by atoms with Crippen molar-refractivity contribution < 1.29 is 17.9 Å². The zero-order valence-electron chi connectivity index (χ0n) is 12.2. The standard InChI is InChI=1S/C15H22F3NO/c1-14(2,3)19-11-12-7-4-5-8-13(12)20-10-6-9-15(16,17)18/h4-5,7-8,19H,6,9-11H2,1-3H3. The smallest absolute Gasteiger partial charge is 0.389 e. The summed E-state index contributed by atoms with van der Waals surface area (Å²) in [6, 6.07) is 7.41. The van der Waals surface area contributed by atoms with E-state index in [-0.39, 0.29) is 18.6 Å². The van der Waals surface area contributed by atoms with E-state index in [0.717, 1.165) is 5.56 Å². The summed E-state index contributed by atoms with van der Waals surface area (Å²) < 4.78 is 41.6. The first-order chi connectivity index (χ1) is 9.17. The summed E-state index contributed by atoms with van der Waals surface area (Å²) in [5, 5.41) is 3.33. The highest BCUT2D eigenvalue weighted by Crippen LogP contribution is 2.23. The second kappa shape index (κ2) is 6.97. The van der Waals surface area contributed by atoms with Crippen LogP contribution >= 0.6 is 0 Å². The van der Waals surface area contributed by atoms with Crippen molar-refractivity contribution in [3.63, 3.8) is 0 Å². The maximum Gasteiger partial charge on any atom is 0.389 e. The number of ether oxygens (including phenoxy) is 1. The molecule has 0 amide bonds. The van der Waals surface area contributed by atoms with Crippen molar-refractivity contribution in [1.29, 1.82) is 0 Å². The van der Waals surface area contributed by atoms with E-state index in [9.17, 15) is 13.2 Å². The molecule has 0 saturated heterocycles. The lowest BCUT2D eigenvalue weighted by atomic mass is 10.1. The molecule has 1 rings (SSSR count). The maximum absolute atomic E-state index is 12.0. The Hall–Kier alpha value is -1.23. The summed E-state index contributed by atoms with van der Waals surface area (Å²) in [4.78, 5) is 0. The molecule has 0 heterocycles. The summed E-state index contributed by atoms with van der Waals surface area (Å²) in [6.45, 7) is 6.87. The van der Waals surface area contributed by atoms with Gasteiger partial charge in [0.15, 0.2) is 0 Å². The molecule has 2 nitrogen and oxygen atoms in total. The molecule has 0 spiro atoms. The van der Waals surface area contributed by atoms with Crippen molar-refractivity contribution in [2.24, 2.45) is 0 Å². The molecule has 0 aliphatic carbocycles. The summed E-state index contributed by atoms with van der Waals surface area (Å²) in [6.07, 6.45) is -4.95. The number of para-hydroxylation sites is 1. The zero-order chi connectivity index (χ0) is 15.2. The minimum atomic E-state index is -4.11. The van der Waals surface area contributed by atoms with Gasteiger partial charge >= 0.3 is 6.18 Å². The van der Waals surface area contributed by atoms with E-state index in [4.69, 9.17) is 4.74 Å². The van der Waals surface area contributed by atoms with Crippen LogP contribution in [-0.2, 0) is 6.54 Å². The third kappa shape index (κ3) is 7.38. The van der Waals surface area contributed by atoms with E-state index in [1.807, 2.05) is 18.2 Å². The lowest BCUT2D eigenvalue weighted by Crippen LogP contribution is -2.35. The van der Waals surface area contributed by atoms with Gasteiger partial charge in [0.2, 0.25) is 0 Å². The van der Waals surface area contributed by atoms with Crippen LogP contribution in [0.1, 0.15) is 39.2 Å². The molecule has 1 aromatic carbocycles. The average Bonchev–Trinajstić information content (AvgIpc) is 2.31. The van der Waals surface area contributed by atoms with Crippen LogP contribution < -0.4 is 10.1 Å². The van der Waals surface area contributed by atoms with E-state index in [2.05, 4.69) is 26.1 Å². The molecule has 0 unspecified atom stereocenters. The van der Waals surface area contributed by atoms with Gasteiger partial charge in [0.05, 0.1) is 6.61 Å². The van der Waals surface area contributed by atoms with Gasteiger partial charge in [0.1, 0.15) is 5.75 Å². The number of benzene rings is 1. The van der Waals surface area contributed by atoms with Crippen LogP contribution in [0.4, 0.5) is 13.2 Å². The third-order valence-corrected chi connectivity index (χ3v) is 2.64. The van der Waals surface area contributed by atoms with Gasteiger partial charge in [-0.3, -0.25) is 0 Å². The zero-order valence-corrected chi connectivity index (χ0v) is 12.2. The van der Waals surface area contributed by atoms with Crippen molar-refractivity contribution in [3.05, 3.63) is 29.8 Å². The van der Waals surface area contributed by atoms with Crippen molar-refractivity contribution in [1.82, 2.24) is 5.32 Å². The molecule has 0 aliphatic heterocycles. The van der Waals surface area contributed by atoms with E-state index in [1.54, 1.807) is 6.07 Å². The first kappa shape index (κ1) is 16.8. The van der Waals surface area contributed by atoms with Gasteiger partial charge in [-0.05, 0) is 33.3 Å². The van der Waals surface area contributed by atoms with Crippen LogP contribution in [0.3, 0.4) is 0 Å². The molecule has 0 bridgehead atoms. The van der Waals surface area contributed by atoms with Crippen LogP contribution in [0.2, 0.25) is 0 Å². The summed E-state index contributed by atoms with van der Waals surface area (Å²) in [7, 11) is 0. The highest BCUT2D eigenvalue weighted by molar-refractivity contribution is 5.33. The molecule has 5 heteroatoms. The Morgan fingerprint density at radius 1 is 1.10 bits per heavy atom. The number of halogens is 3. The Labute approximate surface area is 118 Å². The lowest BCUT2D eigenvalue weighted by molar-refractivity contribution is -0.136. The summed E-state index contributed by atoms with van der Waals surface area (Å²) in [5.41, 5.74) is 0.929. The minimum absolute atomic E-state index is 0.0233. The fourth-order valence-corrected chi connectivity index (χ4v) is 1.61. The van der Waals surface area contributed by atoms with E-state index < -0.39 is 12.6 Å². The van der Waals surface area contributed by atoms with E-state index in [1.165, 1.54) is 0 Å². The predicted molar refractivity (Wildman–Crippen MR) is 73.8 cm³/mol. The second-order valence-electron chi connectivity index (χ2n) is 5.78. The topological polar surface area (TPSA) is 21.3 Å². The Morgan fingerprint density at radius 2 is 1.75 bits per heavy atom. The molecular weight excluding hydrogens is 267 g/mol. The van der Waals surface area contributed by atoms with Crippen LogP contribution in [-0.4, -0.2) is 18.3 Å². The number of alkyl halides is 3. The van der Waals surface area contributed by atoms with Crippen molar-refractivity contribution >= 4 is 0 Å². The van der Waals surface area contributed by atoms with E-state index in [0.29, 0.717) is 12.3 Å². The predicted octanol–water partition coefficient (Wildman–Crippen LogP) is 4.30. The number of hydrogen-bond acceptors (Lipinski definition) is 2. The molecule has 20 heavy (non-hydrogen) atoms. The van der Waals surface area contributed by atoms with Crippen LogP contribution in [0.15, 0.2) is 24.3 Å². The number of rotatable bonds is 6. The molecule has 0 saturated carbocycles. The quantitative estimate of drug-likeness (QED) is 0.789. The van der Waals surface area contributed by atoms with Gasteiger partial charge in [-0.1, -0.05) is 18.2 Å². The van der Waals surface area contributed by atoms with Crippen molar-refractivity contribution in [2.45, 2.75) is 51.9 Å². The molecule has 0 aliphatic rings. The molecule has 1 N–H and O–H groups in total. The highest BCUT2D eigenvalue weighted by Gasteiger charge is 2.26. The number of nitrogens with one attached hydrogen (secondary N) is 1. The Balaban J connectivity index is 2.49. The highest BCUT2D eigenvalue weighted by atomic mass is 19.4. The average molecular weight is 289 g/mol. The Morgan fingerprint density at radius 3 is 2.35 bits per heavy atom. The second-order valence-corrected chi connectivity index (χ2v) is 5.78. The monoisotopic (exact) mass is 289 g/mol. The van der Waals surface area contributed by atoms with E-state index >= 15 is 0 Å². The van der Waals surface area contributed by atoms with Crippen molar-refractivity contribution in [3.8, 4) is 5.75 Å². The first-order valence-corrected chi connectivity index (χ1v) is 6.70.